The van der Waals surface area contributed by atoms with E-state index < -0.39 is 6.04 Å². The van der Waals surface area contributed by atoms with Gasteiger partial charge in [0.05, 0.1) is 17.4 Å². The largest absolute Gasteiger partial charge is 0.355 e. The summed E-state index contributed by atoms with van der Waals surface area (Å²) in [7, 11) is 1.69. The summed E-state index contributed by atoms with van der Waals surface area (Å²) in [4.78, 5) is 33.0. The summed E-state index contributed by atoms with van der Waals surface area (Å²) in [6.07, 6.45) is 0.910. The molecule has 2 heterocycles. The Morgan fingerprint density at radius 2 is 1.72 bits per heavy atom. The second kappa shape index (κ2) is 8.30. The summed E-state index contributed by atoms with van der Waals surface area (Å²) in [6.45, 7) is 0.952. The second-order valence-corrected chi connectivity index (χ2v) is 8.01. The molecule has 4 aromatic rings. The third-order valence-corrected chi connectivity index (χ3v) is 6.09. The van der Waals surface area contributed by atoms with Crippen LogP contribution in [0.3, 0.4) is 0 Å². The Kier molecular flexibility index (Phi) is 5.19. The van der Waals surface area contributed by atoms with E-state index in [1.165, 1.54) is 10.1 Å². The smallest absolute Gasteiger partial charge is 0.261 e. The number of carbonyl (C=O) groups excluding carboxylic acids is 1. The Morgan fingerprint density at radius 3 is 2.56 bits per heavy atom. The molecule has 6 heteroatoms. The van der Waals surface area contributed by atoms with E-state index in [2.05, 4.69) is 27.3 Å². The van der Waals surface area contributed by atoms with Gasteiger partial charge in [0, 0.05) is 19.3 Å². The van der Waals surface area contributed by atoms with Gasteiger partial charge >= 0.3 is 0 Å². The summed E-state index contributed by atoms with van der Waals surface area (Å²) in [6, 6.07) is 24.8. The van der Waals surface area contributed by atoms with Gasteiger partial charge in [-0.2, -0.15) is 0 Å². The Hall–Kier alpha value is -3.93. The lowest BCUT2D eigenvalue weighted by atomic mass is 10.0. The molecule has 0 aliphatic carbocycles. The first-order valence-electron chi connectivity index (χ1n) is 10.8. The number of rotatable bonds is 5. The van der Waals surface area contributed by atoms with Crippen LogP contribution in [0, 0.1) is 0 Å². The van der Waals surface area contributed by atoms with Gasteiger partial charge in [-0.1, -0.05) is 60.7 Å². The first-order valence-corrected chi connectivity index (χ1v) is 10.8. The summed E-state index contributed by atoms with van der Waals surface area (Å²) >= 11 is 0. The van der Waals surface area contributed by atoms with Gasteiger partial charge in [0.1, 0.15) is 11.9 Å². The van der Waals surface area contributed by atoms with Crippen molar-refractivity contribution in [3.63, 3.8) is 0 Å². The van der Waals surface area contributed by atoms with E-state index in [1.807, 2.05) is 60.7 Å². The van der Waals surface area contributed by atoms with Gasteiger partial charge in [0.2, 0.25) is 5.91 Å². The van der Waals surface area contributed by atoms with Crippen LogP contribution in [0.5, 0.6) is 0 Å². The number of carbonyl (C=O) groups is 1. The summed E-state index contributed by atoms with van der Waals surface area (Å²) in [5, 5.41) is 3.61. The van der Waals surface area contributed by atoms with Crippen molar-refractivity contribution >= 4 is 22.5 Å². The highest BCUT2D eigenvalue weighted by Gasteiger charge is 2.32. The molecule has 1 aromatic heterocycles. The van der Waals surface area contributed by atoms with Crippen LogP contribution in [0.2, 0.25) is 0 Å². The van der Waals surface area contributed by atoms with E-state index in [9.17, 15) is 9.59 Å². The topological polar surface area (TPSA) is 67.2 Å². The standard InChI is InChI=1S/C26H24N4O2/c1-29-23(28-21-13-7-6-12-20(21)26(29)32)17-27-25(31)24(19-10-3-2-4-11-19)30-16-15-18-9-5-8-14-22(18)30/h2-14,24H,15-17H2,1H3,(H,27,31). The molecule has 0 fully saturated rings. The van der Waals surface area contributed by atoms with Crippen molar-refractivity contribution in [3.8, 4) is 0 Å². The van der Waals surface area contributed by atoms with Gasteiger partial charge in [-0.05, 0) is 35.7 Å². The zero-order valence-corrected chi connectivity index (χ0v) is 17.9. The molecule has 32 heavy (non-hydrogen) atoms. The molecular formula is C26H24N4O2. The molecule has 0 spiro atoms. The molecule has 1 N–H and O–H groups in total. The molecule has 1 unspecified atom stereocenters. The maximum atomic E-state index is 13.5. The Morgan fingerprint density at radius 1 is 1.00 bits per heavy atom. The molecule has 0 saturated carbocycles. The number of anilines is 1. The molecular weight excluding hydrogens is 400 g/mol. The minimum Gasteiger partial charge on any atom is -0.355 e. The van der Waals surface area contributed by atoms with Gasteiger partial charge in [-0.15, -0.1) is 0 Å². The van der Waals surface area contributed by atoms with Crippen molar-refractivity contribution in [2.45, 2.75) is 19.0 Å². The number of amides is 1. The minimum absolute atomic E-state index is 0.115. The fraction of sp³-hybridized carbons (Fsp3) is 0.192. The number of hydrogen-bond acceptors (Lipinski definition) is 4. The van der Waals surface area contributed by atoms with Crippen molar-refractivity contribution in [3.05, 3.63) is 106 Å². The molecule has 0 radical (unpaired) electrons. The monoisotopic (exact) mass is 424 g/mol. The third kappa shape index (κ3) is 3.54. The molecule has 160 valence electrons. The fourth-order valence-corrected chi connectivity index (χ4v) is 4.43. The van der Waals surface area contributed by atoms with Crippen LogP contribution < -0.4 is 15.8 Å². The lowest BCUT2D eigenvalue weighted by molar-refractivity contribution is -0.122. The SMILES string of the molecule is Cn1c(CNC(=O)C(c2ccccc2)N2CCc3ccccc32)nc2ccccc2c1=O. The average Bonchev–Trinajstić information content (AvgIpc) is 3.25. The number of fused-ring (bicyclic) bond motifs is 2. The second-order valence-electron chi connectivity index (χ2n) is 8.01. The molecule has 1 aliphatic rings. The lowest BCUT2D eigenvalue weighted by Gasteiger charge is -2.30. The van der Waals surface area contributed by atoms with Gasteiger partial charge < -0.3 is 10.2 Å². The highest BCUT2D eigenvalue weighted by atomic mass is 16.2. The van der Waals surface area contributed by atoms with Crippen LogP contribution in [-0.4, -0.2) is 22.0 Å². The van der Waals surface area contributed by atoms with Crippen molar-refractivity contribution in [2.24, 2.45) is 7.05 Å². The molecule has 1 aliphatic heterocycles. The molecule has 0 saturated heterocycles. The number of aromatic nitrogens is 2. The van der Waals surface area contributed by atoms with Crippen molar-refractivity contribution in [1.29, 1.82) is 0 Å². The highest BCUT2D eigenvalue weighted by molar-refractivity contribution is 5.87. The maximum absolute atomic E-state index is 13.5. The van der Waals surface area contributed by atoms with Gasteiger partial charge in [-0.25, -0.2) is 4.98 Å². The third-order valence-electron chi connectivity index (χ3n) is 6.09. The molecule has 5 rings (SSSR count). The van der Waals surface area contributed by atoms with Crippen LogP contribution in [0.15, 0.2) is 83.7 Å². The zero-order valence-electron chi connectivity index (χ0n) is 17.9. The maximum Gasteiger partial charge on any atom is 0.261 e. The first-order chi connectivity index (χ1) is 15.6. The Labute approximate surface area is 186 Å². The van der Waals surface area contributed by atoms with Crippen molar-refractivity contribution in [1.82, 2.24) is 14.9 Å². The number of nitrogens with zero attached hydrogens (tertiary/aromatic N) is 3. The molecule has 1 atom stereocenters. The molecule has 3 aromatic carbocycles. The van der Waals surface area contributed by atoms with Crippen LogP contribution in [0.1, 0.15) is 23.0 Å². The van der Waals surface area contributed by atoms with E-state index in [0.29, 0.717) is 16.7 Å². The van der Waals surface area contributed by atoms with Gasteiger partial charge in [0.25, 0.3) is 5.56 Å². The summed E-state index contributed by atoms with van der Waals surface area (Å²) in [5.74, 6) is 0.408. The average molecular weight is 425 g/mol. The van der Waals surface area contributed by atoms with E-state index in [1.54, 1.807) is 13.1 Å². The van der Waals surface area contributed by atoms with E-state index >= 15 is 0 Å². The number of para-hydroxylation sites is 2. The van der Waals surface area contributed by atoms with E-state index in [-0.39, 0.29) is 18.0 Å². The highest BCUT2D eigenvalue weighted by Crippen LogP contribution is 2.35. The van der Waals surface area contributed by atoms with E-state index in [0.717, 1.165) is 24.2 Å². The van der Waals surface area contributed by atoms with Crippen LogP contribution >= 0.6 is 0 Å². The number of benzene rings is 3. The number of nitrogens with one attached hydrogen (secondary N) is 1. The normalized spacial score (nSPS) is 13.7. The van der Waals surface area contributed by atoms with Crippen LogP contribution in [-0.2, 0) is 24.8 Å². The Bertz CT molecular complexity index is 1350. The molecule has 6 nitrogen and oxygen atoms in total. The number of hydrogen-bond donors (Lipinski definition) is 1. The molecule has 1 amide bonds. The lowest BCUT2D eigenvalue weighted by Crippen LogP contribution is -2.40. The van der Waals surface area contributed by atoms with E-state index in [4.69, 9.17) is 0 Å². The predicted octanol–water partition coefficient (Wildman–Crippen LogP) is 3.35. The zero-order chi connectivity index (χ0) is 22.1. The summed E-state index contributed by atoms with van der Waals surface area (Å²) < 4.78 is 1.51. The van der Waals surface area contributed by atoms with Gasteiger partial charge in [0.15, 0.2) is 0 Å². The Balaban J connectivity index is 1.45. The van der Waals surface area contributed by atoms with Crippen LogP contribution in [0.25, 0.3) is 10.9 Å². The van der Waals surface area contributed by atoms with Crippen molar-refractivity contribution in [2.75, 3.05) is 11.4 Å². The van der Waals surface area contributed by atoms with Crippen molar-refractivity contribution < 1.29 is 4.79 Å². The fourth-order valence-electron chi connectivity index (χ4n) is 4.43. The minimum atomic E-state index is -0.461. The molecule has 0 bridgehead atoms. The predicted molar refractivity (Wildman–Crippen MR) is 126 cm³/mol. The van der Waals surface area contributed by atoms with Gasteiger partial charge in [-0.3, -0.25) is 14.2 Å². The quantitative estimate of drug-likeness (QED) is 0.534. The van der Waals surface area contributed by atoms with Crippen LogP contribution in [0.4, 0.5) is 5.69 Å². The summed E-state index contributed by atoms with van der Waals surface area (Å²) in [5.41, 5.74) is 3.79. The first kappa shape index (κ1) is 20.0.